The number of nitrogens with two attached hydrogens (primary N) is 1. The van der Waals surface area contributed by atoms with Crippen LogP contribution in [-0.4, -0.2) is 17.8 Å². The summed E-state index contributed by atoms with van der Waals surface area (Å²) in [6.45, 7) is 0.401. The number of halogens is 1. The molecule has 3 N–H and O–H groups in total. The van der Waals surface area contributed by atoms with E-state index in [-0.39, 0.29) is 18.5 Å². The van der Waals surface area contributed by atoms with Crippen molar-refractivity contribution in [2.24, 2.45) is 11.7 Å². The SMILES string of the molecule is Cl.NCC(O)C1CC=CCC1. The van der Waals surface area contributed by atoms with E-state index in [1.54, 1.807) is 0 Å². The van der Waals surface area contributed by atoms with Gasteiger partial charge in [0.1, 0.15) is 0 Å². The Balaban J connectivity index is 0.000001000. The smallest absolute Gasteiger partial charge is 0.0693 e. The Hall–Kier alpha value is -0.0500. The lowest BCUT2D eigenvalue weighted by Crippen LogP contribution is -2.29. The highest BCUT2D eigenvalue weighted by molar-refractivity contribution is 5.85. The van der Waals surface area contributed by atoms with E-state index in [0.717, 1.165) is 19.3 Å². The van der Waals surface area contributed by atoms with E-state index < -0.39 is 0 Å². The normalized spacial score (nSPS) is 25.8. The Morgan fingerprint density at radius 2 is 2.27 bits per heavy atom. The first-order valence-electron chi connectivity index (χ1n) is 3.87. The van der Waals surface area contributed by atoms with Crippen molar-refractivity contribution < 1.29 is 5.11 Å². The Morgan fingerprint density at radius 1 is 1.55 bits per heavy atom. The minimum Gasteiger partial charge on any atom is -0.392 e. The van der Waals surface area contributed by atoms with Gasteiger partial charge in [0, 0.05) is 6.54 Å². The molecule has 2 atom stereocenters. The summed E-state index contributed by atoms with van der Waals surface area (Å²) >= 11 is 0. The molecule has 0 saturated carbocycles. The number of rotatable bonds is 2. The maximum Gasteiger partial charge on any atom is 0.0693 e. The highest BCUT2D eigenvalue weighted by Gasteiger charge is 2.17. The summed E-state index contributed by atoms with van der Waals surface area (Å²) in [6.07, 6.45) is 7.20. The Labute approximate surface area is 73.9 Å². The fourth-order valence-corrected chi connectivity index (χ4v) is 1.36. The Morgan fingerprint density at radius 3 is 2.73 bits per heavy atom. The molecule has 0 saturated heterocycles. The molecule has 0 aromatic carbocycles. The first kappa shape index (κ1) is 11.0. The molecule has 2 unspecified atom stereocenters. The van der Waals surface area contributed by atoms with Crippen LogP contribution in [0, 0.1) is 5.92 Å². The van der Waals surface area contributed by atoms with E-state index in [4.69, 9.17) is 5.73 Å². The second-order valence-electron chi connectivity index (χ2n) is 2.85. The molecule has 0 fully saturated rings. The maximum absolute atomic E-state index is 9.32. The van der Waals surface area contributed by atoms with Crippen LogP contribution in [0.4, 0.5) is 0 Å². The lowest BCUT2D eigenvalue weighted by Gasteiger charge is -2.21. The molecule has 0 amide bonds. The first-order valence-corrected chi connectivity index (χ1v) is 3.87. The minimum absolute atomic E-state index is 0. The first-order chi connectivity index (χ1) is 4.84. The van der Waals surface area contributed by atoms with Crippen LogP contribution < -0.4 is 5.73 Å². The van der Waals surface area contributed by atoms with Crippen LogP contribution in [-0.2, 0) is 0 Å². The third-order valence-electron chi connectivity index (χ3n) is 2.10. The van der Waals surface area contributed by atoms with Crippen LogP contribution in [0.25, 0.3) is 0 Å². The van der Waals surface area contributed by atoms with E-state index in [0.29, 0.717) is 12.5 Å². The highest BCUT2D eigenvalue weighted by Crippen LogP contribution is 2.20. The summed E-state index contributed by atoms with van der Waals surface area (Å²) in [6, 6.07) is 0. The number of allylic oxidation sites excluding steroid dienone is 2. The van der Waals surface area contributed by atoms with Gasteiger partial charge in [-0.3, -0.25) is 0 Å². The fraction of sp³-hybridized carbons (Fsp3) is 0.750. The van der Waals surface area contributed by atoms with Crippen LogP contribution in [0.3, 0.4) is 0 Å². The van der Waals surface area contributed by atoms with Crippen LogP contribution in [0.5, 0.6) is 0 Å². The molecule has 0 aromatic heterocycles. The van der Waals surface area contributed by atoms with Crippen LogP contribution in [0.2, 0.25) is 0 Å². The molecule has 1 aliphatic rings. The van der Waals surface area contributed by atoms with Gasteiger partial charge in [-0.1, -0.05) is 12.2 Å². The van der Waals surface area contributed by atoms with E-state index in [1.165, 1.54) is 0 Å². The van der Waals surface area contributed by atoms with Crippen molar-refractivity contribution >= 4 is 12.4 Å². The predicted octanol–water partition coefficient (Wildman–Crippen LogP) is 1.08. The summed E-state index contributed by atoms with van der Waals surface area (Å²) in [5.41, 5.74) is 5.33. The van der Waals surface area contributed by atoms with E-state index in [2.05, 4.69) is 12.2 Å². The average molecular weight is 178 g/mol. The van der Waals surface area contributed by atoms with E-state index >= 15 is 0 Å². The molecule has 0 spiro atoms. The van der Waals surface area contributed by atoms with E-state index in [1.807, 2.05) is 0 Å². The fourth-order valence-electron chi connectivity index (χ4n) is 1.36. The molecule has 3 heteroatoms. The second kappa shape index (κ2) is 5.58. The van der Waals surface area contributed by atoms with Gasteiger partial charge in [-0.15, -0.1) is 12.4 Å². The number of aliphatic hydroxyl groups is 1. The molecule has 1 aliphatic carbocycles. The quantitative estimate of drug-likeness (QED) is 0.621. The van der Waals surface area contributed by atoms with Crippen molar-refractivity contribution in [3.8, 4) is 0 Å². The molecule has 2 nitrogen and oxygen atoms in total. The molecule has 0 bridgehead atoms. The number of hydrogen-bond acceptors (Lipinski definition) is 2. The molecule has 0 radical (unpaired) electrons. The molecule has 66 valence electrons. The molecule has 0 heterocycles. The number of aliphatic hydroxyl groups excluding tert-OH is 1. The molecule has 0 aromatic rings. The maximum atomic E-state index is 9.32. The third-order valence-corrected chi connectivity index (χ3v) is 2.10. The molecular formula is C8H16ClNO. The summed E-state index contributed by atoms with van der Waals surface area (Å²) in [7, 11) is 0. The average Bonchev–Trinajstić information content (AvgIpc) is 2.05. The van der Waals surface area contributed by atoms with Gasteiger partial charge in [-0.2, -0.15) is 0 Å². The molecule has 11 heavy (non-hydrogen) atoms. The van der Waals surface area contributed by atoms with Gasteiger partial charge < -0.3 is 10.8 Å². The monoisotopic (exact) mass is 177 g/mol. The van der Waals surface area contributed by atoms with Crippen molar-refractivity contribution in [1.82, 2.24) is 0 Å². The van der Waals surface area contributed by atoms with Gasteiger partial charge in [-0.05, 0) is 25.2 Å². The lowest BCUT2D eigenvalue weighted by molar-refractivity contribution is 0.110. The van der Waals surface area contributed by atoms with Crippen molar-refractivity contribution in [1.29, 1.82) is 0 Å². The van der Waals surface area contributed by atoms with Gasteiger partial charge in [0.25, 0.3) is 0 Å². The summed E-state index contributed by atoms with van der Waals surface area (Å²) < 4.78 is 0. The second-order valence-corrected chi connectivity index (χ2v) is 2.85. The minimum atomic E-state index is -0.287. The van der Waals surface area contributed by atoms with Gasteiger partial charge in [-0.25, -0.2) is 0 Å². The van der Waals surface area contributed by atoms with Crippen molar-refractivity contribution in [3.05, 3.63) is 12.2 Å². The Kier molecular flexibility index (Phi) is 5.56. The van der Waals surface area contributed by atoms with Crippen LogP contribution in [0.15, 0.2) is 12.2 Å². The van der Waals surface area contributed by atoms with Crippen molar-refractivity contribution in [3.63, 3.8) is 0 Å². The molecular weight excluding hydrogens is 162 g/mol. The Bertz CT molecular complexity index is 127. The molecule has 1 rings (SSSR count). The summed E-state index contributed by atoms with van der Waals surface area (Å²) in [4.78, 5) is 0. The van der Waals surface area contributed by atoms with Crippen molar-refractivity contribution in [2.75, 3.05) is 6.54 Å². The number of hydrogen-bond donors (Lipinski definition) is 2. The summed E-state index contributed by atoms with van der Waals surface area (Å²) in [5, 5.41) is 9.32. The van der Waals surface area contributed by atoms with Crippen LogP contribution >= 0.6 is 12.4 Å². The van der Waals surface area contributed by atoms with Gasteiger partial charge in [0.15, 0.2) is 0 Å². The van der Waals surface area contributed by atoms with Gasteiger partial charge in [0.2, 0.25) is 0 Å². The van der Waals surface area contributed by atoms with Gasteiger partial charge in [0.05, 0.1) is 6.10 Å². The largest absolute Gasteiger partial charge is 0.392 e. The van der Waals surface area contributed by atoms with E-state index in [9.17, 15) is 5.11 Å². The zero-order valence-corrected chi connectivity index (χ0v) is 7.39. The standard InChI is InChI=1S/C8H15NO.ClH/c9-6-8(10)7-4-2-1-3-5-7;/h1-2,7-8,10H,3-6,9H2;1H. The van der Waals surface area contributed by atoms with Gasteiger partial charge >= 0.3 is 0 Å². The zero-order chi connectivity index (χ0) is 7.40. The van der Waals surface area contributed by atoms with Crippen molar-refractivity contribution in [2.45, 2.75) is 25.4 Å². The topological polar surface area (TPSA) is 46.2 Å². The lowest BCUT2D eigenvalue weighted by atomic mass is 9.89. The van der Waals surface area contributed by atoms with Crippen LogP contribution in [0.1, 0.15) is 19.3 Å². The highest BCUT2D eigenvalue weighted by atomic mass is 35.5. The molecule has 0 aliphatic heterocycles. The third kappa shape index (κ3) is 3.23. The zero-order valence-electron chi connectivity index (χ0n) is 6.57. The summed E-state index contributed by atoms with van der Waals surface area (Å²) in [5.74, 6) is 0.412. The predicted molar refractivity (Wildman–Crippen MR) is 48.8 cm³/mol.